The van der Waals surface area contributed by atoms with Gasteiger partial charge in [0.25, 0.3) is 0 Å². The lowest BCUT2D eigenvalue weighted by molar-refractivity contribution is 0.260. The maximum Gasteiger partial charge on any atom is 0.228 e. The van der Waals surface area contributed by atoms with Crippen LogP contribution in [0.3, 0.4) is 0 Å². The first-order valence-corrected chi connectivity index (χ1v) is 11.5. The smallest absolute Gasteiger partial charge is 0.228 e. The van der Waals surface area contributed by atoms with Gasteiger partial charge in [0.15, 0.2) is 5.75 Å². The van der Waals surface area contributed by atoms with E-state index < -0.39 is 5.54 Å². The molecule has 1 aliphatic carbocycles. The molecule has 2 heterocycles. The van der Waals surface area contributed by atoms with Gasteiger partial charge in [-0.3, -0.25) is 4.98 Å². The molecule has 0 saturated carbocycles. The number of para-hydroxylation sites is 1. The van der Waals surface area contributed by atoms with Crippen LogP contribution in [-0.2, 0) is 4.74 Å². The molecule has 9 heteroatoms. The Bertz CT molecular complexity index is 1260. The van der Waals surface area contributed by atoms with Crippen molar-refractivity contribution in [3.05, 3.63) is 66.3 Å². The van der Waals surface area contributed by atoms with Crippen molar-refractivity contribution in [1.82, 2.24) is 25.2 Å². The molecule has 0 aliphatic heterocycles. The molecule has 1 aromatic carbocycles. The van der Waals surface area contributed by atoms with Crippen molar-refractivity contribution in [1.29, 1.82) is 0 Å². The van der Waals surface area contributed by atoms with E-state index in [2.05, 4.69) is 25.5 Å². The van der Waals surface area contributed by atoms with Crippen LogP contribution in [0.1, 0.15) is 6.42 Å². The maximum absolute atomic E-state index is 6.62. The van der Waals surface area contributed by atoms with Crippen molar-refractivity contribution in [3.63, 3.8) is 0 Å². The van der Waals surface area contributed by atoms with E-state index in [1.54, 1.807) is 26.6 Å². The highest BCUT2D eigenvalue weighted by Crippen LogP contribution is 2.32. The second kappa shape index (κ2) is 10.4. The number of rotatable bonds is 9. The summed E-state index contributed by atoms with van der Waals surface area (Å²) < 4.78 is 11.3. The van der Waals surface area contributed by atoms with Crippen LogP contribution in [0, 0.1) is 0 Å². The number of nitrogens with one attached hydrogen (secondary N) is 2. The molecule has 3 aromatic rings. The fourth-order valence-corrected chi connectivity index (χ4v) is 4.21. The van der Waals surface area contributed by atoms with Crippen LogP contribution in [-0.4, -0.2) is 73.3 Å². The average molecular weight is 476 g/mol. The molecule has 0 spiro atoms. The van der Waals surface area contributed by atoms with Gasteiger partial charge in [0.1, 0.15) is 11.5 Å². The quantitative estimate of drug-likeness (QED) is 0.430. The molecule has 4 rings (SSSR count). The topological polar surface area (TPSA) is 110 Å². The Balaban J connectivity index is 1.66. The molecule has 2 aromatic heterocycles. The molecular weight excluding hydrogens is 442 g/mol. The van der Waals surface area contributed by atoms with Gasteiger partial charge in [-0.2, -0.15) is 0 Å². The number of ether oxygens (including phenoxy) is 2. The van der Waals surface area contributed by atoms with Crippen molar-refractivity contribution in [2.45, 2.75) is 18.0 Å². The van der Waals surface area contributed by atoms with Crippen LogP contribution < -0.4 is 21.1 Å². The average Bonchev–Trinajstić information content (AvgIpc) is 2.88. The zero-order valence-electron chi connectivity index (χ0n) is 20.9. The van der Waals surface area contributed by atoms with E-state index in [9.17, 15) is 0 Å². The van der Waals surface area contributed by atoms with E-state index in [1.807, 2.05) is 63.6 Å². The number of pyridine rings is 1. The molecule has 184 valence electrons. The first-order chi connectivity index (χ1) is 16.9. The summed E-state index contributed by atoms with van der Waals surface area (Å²) in [7, 11) is 9.26. The first kappa shape index (κ1) is 24.6. The molecule has 0 saturated heterocycles. The number of hydrogen-bond donors (Lipinski definition) is 3. The number of aromatic nitrogens is 3. The van der Waals surface area contributed by atoms with E-state index in [1.165, 1.54) is 0 Å². The SMILES string of the molecule is CNC1(CCN(C)C)C=C(OC)C(Nc2ncc(OC)c(-c3cnc4ccccc4c3)n2)=CC1N. The summed E-state index contributed by atoms with van der Waals surface area (Å²) in [4.78, 5) is 15.9. The molecular formula is C26H33N7O2. The number of nitrogens with zero attached hydrogens (tertiary/aromatic N) is 4. The second-order valence-electron chi connectivity index (χ2n) is 8.81. The number of benzene rings is 1. The van der Waals surface area contributed by atoms with Gasteiger partial charge in [-0.25, -0.2) is 9.97 Å². The standard InChI is InChI=1S/C26H33N7O2/c1-28-26(10-11-33(2)3)14-21(34-4)20(13-23(26)27)31-25-30-16-22(35-5)24(32-25)18-12-17-8-6-7-9-19(17)29-15-18/h6-9,12-16,23,28H,10-11,27H2,1-5H3,(H,30,31,32). The molecule has 9 nitrogen and oxygen atoms in total. The van der Waals surface area contributed by atoms with Gasteiger partial charge in [0.05, 0.1) is 37.2 Å². The summed E-state index contributed by atoms with van der Waals surface area (Å²) in [5.74, 6) is 1.64. The lowest BCUT2D eigenvalue weighted by Crippen LogP contribution is -2.57. The van der Waals surface area contributed by atoms with E-state index >= 15 is 0 Å². The van der Waals surface area contributed by atoms with E-state index in [0.717, 1.165) is 29.4 Å². The minimum absolute atomic E-state index is 0.281. The van der Waals surface area contributed by atoms with Gasteiger partial charge >= 0.3 is 0 Å². The minimum Gasteiger partial charge on any atom is -0.495 e. The van der Waals surface area contributed by atoms with Gasteiger partial charge in [0, 0.05) is 23.2 Å². The molecule has 0 amide bonds. The number of likely N-dealkylation sites (N-methyl/N-ethyl adjacent to an activating group) is 1. The Morgan fingerprint density at radius 3 is 2.63 bits per heavy atom. The van der Waals surface area contributed by atoms with Crippen LogP contribution in [0.15, 0.2) is 66.3 Å². The number of hydrogen-bond acceptors (Lipinski definition) is 9. The third-order valence-electron chi connectivity index (χ3n) is 6.34. The monoisotopic (exact) mass is 475 g/mol. The molecule has 1 aliphatic rings. The van der Waals surface area contributed by atoms with Crippen molar-refractivity contribution in [2.75, 3.05) is 47.2 Å². The predicted octanol–water partition coefficient (Wildman–Crippen LogP) is 2.78. The zero-order chi connectivity index (χ0) is 25.0. The summed E-state index contributed by atoms with van der Waals surface area (Å²) in [5.41, 5.74) is 9.30. The molecule has 2 atom stereocenters. The maximum atomic E-state index is 6.62. The molecule has 2 unspecified atom stereocenters. The van der Waals surface area contributed by atoms with Crippen LogP contribution in [0.4, 0.5) is 5.95 Å². The Kier molecular flexibility index (Phi) is 7.30. The van der Waals surface area contributed by atoms with Gasteiger partial charge in [0.2, 0.25) is 5.95 Å². The highest BCUT2D eigenvalue weighted by molar-refractivity contribution is 5.83. The Morgan fingerprint density at radius 1 is 1.11 bits per heavy atom. The van der Waals surface area contributed by atoms with Crippen molar-refractivity contribution in [3.8, 4) is 17.0 Å². The molecule has 0 fully saturated rings. The van der Waals surface area contributed by atoms with Gasteiger partial charge in [-0.15, -0.1) is 0 Å². The summed E-state index contributed by atoms with van der Waals surface area (Å²) in [6.07, 6.45) is 8.26. The zero-order valence-corrected chi connectivity index (χ0v) is 20.9. The summed E-state index contributed by atoms with van der Waals surface area (Å²) >= 11 is 0. The first-order valence-electron chi connectivity index (χ1n) is 11.5. The van der Waals surface area contributed by atoms with Crippen LogP contribution in [0.25, 0.3) is 22.2 Å². The van der Waals surface area contributed by atoms with Crippen LogP contribution in [0.2, 0.25) is 0 Å². The van der Waals surface area contributed by atoms with E-state index in [-0.39, 0.29) is 6.04 Å². The summed E-state index contributed by atoms with van der Waals surface area (Å²) in [6.45, 7) is 0.878. The largest absolute Gasteiger partial charge is 0.495 e. The Morgan fingerprint density at radius 2 is 1.91 bits per heavy atom. The second-order valence-corrected chi connectivity index (χ2v) is 8.81. The fraction of sp³-hybridized carbons (Fsp3) is 0.346. The minimum atomic E-state index is -0.427. The number of fused-ring (bicyclic) bond motifs is 1. The molecule has 35 heavy (non-hydrogen) atoms. The van der Waals surface area contributed by atoms with Gasteiger partial charge in [-0.05, 0) is 58.4 Å². The normalized spacial score (nSPS) is 19.9. The van der Waals surface area contributed by atoms with Crippen LogP contribution >= 0.6 is 0 Å². The fourth-order valence-electron chi connectivity index (χ4n) is 4.21. The third-order valence-corrected chi connectivity index (χ3v) is 6.34. The number of methoxy groups -OCH3 is 2. The van der Waals surface area contributed by atoms with E-state index in [0.29, 0.717) is 28.8 Å². The van der Waals surface area contributed by atoms with Crippen LogP contribution in [0.5, 0.6) is 5.75 Å². The van der Waals surface area contributed by atoms with Gasteiger partial charge < -0.3 is 30.7 Å². The highest BCUT2D eigenvalue weighted by Gasteiger charge is 2.37. The third kappa shape index (κ3) is 5.12. The summed E-state index contributed by atoms with van der Waals surface area (Å²) in [5, 5.41) is 7.71. The lowest BCUT2D eigenvalue weighted by atomic mass is 9.82. The highest BCUT2D eigenvalue weighted by atomic mass is 16.5. The molecule has 4 N–H and O–H groups in total. The Hall–Kier alpha value is -3.53. The summed E-state index contributed by atoms with van der Waals surface area (Å²) in [6, 6.07) is 9.71. The van der Waals surface area contributed by atoms with Crippen molar-refractivity contribution in [2.24, 2.45) is 5.73 Å². The van der Waals surface area contributed by atoms with Crippen molar-refractivity contribution >= 4 is 16.9 Å². The van der Waals surface area contributed by atoms with Crippen molar-refractivity contribution < 1.29 is 9.47 Å². The number of nitrogens with two attached hydrogens (primary N) is 1. The molecule has 0 radical (unpaired) electrons. The molecule has 0 bridgehead atoms. The van der Waals surface area contributed by atoms with Gasteiger partial charge in [-0.1, -0.05) is 18.2 Å². The Labute approximate surface area is 206 Å². The number of anilines is 1. The lowest BCUT2D eigenvalue weighted by Gasteiger charge is -2.39. The van der Waals surface area contributed by atoms with E-state index in [4.69, 9.17) is 20.2 Å². The predicted molar refractivity (Wildman–Crippen MR) is 139 cm³/mol.